The van der Waals surface area contributed by atoms with E-state index in [4.69, 9.17) is 4.98 Å². The van der Waals surface area contributed by atoms with Gasteiger partial charge in [0.25, 0.3) is 0 Å². The number of likely N-dealkylation sites (tertiary alicyclic amines) is 1. The van der Waals surface area contributed by atoms with Crippen molar-refractivity contribution in [3.05, 3.63) is 72.3 Å². The van der Waals surface area contributed by atoms with Gasteiger partial charge in [-0.2, -0.15) is 0 Å². The highest BCUT2D eigenvalue weighted by molar-refractivity contribution is 5.78. The molecule has 6 nitrogen and oxygen atoms in total. The van der Waals surface area contributed by atoms with Gasteiger partial charge in [0.15, 0.2) is 0 Å². The Balaban J connectivity index is 1.56. The summed E-state index contributed by atoms with van der Waals surface area (Å²) in [6, 6.07) is 9.63. The van der Waals surface area contributed by atoms with Crippen LogP contribution >= 0.6 is 0 Å². The van der Waals surface area contributed by atoms with E-state index in [9.17, 15) is 4.79 Å². The van der Waals surface area contributed by atoms with Gasteiger partial charge in [0.05, 0.1) is 12.1 Å². The molecular weight excluding hydrogens is 350 g/mol. The molecule has 1 unspecified atom stereocenters. The molecule has 3 aromatic heterocycles. The minimum Gasteiger partial charge on any atom is -0.342 e. The monoisotopic (exact) mass is 373 g/mol. The quantitative estimate of drug-likeness (QED) is 0.702. The molecule has 0 saturated carbocycles. The molecule has 6 heteroatoms. The fourth-order valence-corrected chi connectivity index (χ4v) is 3.75. The summed E-state index contributed by atoms with van der Waals surface area (Å²) < 4.78 is 0. The Morgan fingerprint density at radius 2 is 2.00 bits per heavy atom. The van der Waals surface area contributed by atoms with E-state index in [0.717, 1.165) is 47.7 Å². The summed E-state index contributed by atoms with van der Waals surface area (Å²) in [6.45, 7) is 3.38. The number of nitrogens with zero attached hydrogens (tertiary/aromatic N) is 5. The van der Waals surface area contributed by atoms with Crippen LogP contribution < -0.4 is 0 Å². The Bertz CT molecular complexity index is 946. The van der Waals surface area contributed by atoms with E-state index >= 15 is 0 Å². The van der Waals surface area contributed by atoms with Crippen LogP contribution in [0.1, 0.15) is 36.0 Å². The number of aryl methyl sites for hydroxylation is 1. The number of hydrogen-bond acceptors (Lipinski definition) is 5. The van der Waals surface area contributed by atoms with E-state index in [1.807, 2.05) is 48.4 Å². The SMILES string of the molecule is Cc1ncc(-c2ccncc2)c(C2CCCN(C(=O)Cc3ccccn3)C2)n1. The maximum atomic E-state index is 12.8. The van der Waals surface area contributed by atoms with E-state index in [0.29, 0.717) is 13.0 Å². The molecule has 1 aliphatic rings. The maximum absolute atomic E-state index is 12.8. The van der Waals surface area contributed by atoms with Gasteiger partial charge in [-0.3, -0.25) is 14.8 Å². The average Bonchev–Trinajstić information content (AvgIpc) is 2.75. The average molecular weight is 373 g/mol. The standard InChI is InChI=1S/C22H23N5O/c1-16-25-14-20(17-7-10-23-11-8-17)22(26-16)18-5-4-12-27(15-18)21(28)13-19-6-2-3-9-24-19/h2-3,6-11,14,18H,4-5,12-13,15H2,1H3. The first kappa shape index (κ1) is 18.2. The molecule has 0 N–H and O–H groups in total. The van der Waals surface area contributed by atoms with Crippen LogP contribution in [0.2, 0.25) is 0 Å². The lowest BCUT2D eigenvalue weighted by Crippen LogP contribution is -2.40. The van der Waals surface area contributed by atoms with Crippen LogP contribution in [-0.4, -0.2) is 43.8 Å². The summed E-state index contributed by atoms with van der Waals surface area (Å²) in [7, 11) is 0. The van der Waals surface area contributed by atoms with E-state index in [1.54, 1.807) is 18.6 Å². The fourth-order valence-electron chi connectivity index (χ4n) is 3.75. The summed E-state index contributed by atoms with van der Waals surface area (Å²) in [5, 5.41) is 0. The van der Waals surface area contributed by atoms with Gasteiger partial charge in [0.1, 0.15) is 5.82 Å². The van der Waals surface area contributed by atoms with Crippen molar-refractivity contribution < 1.29 is 4.79 Å². The van der Waals surface area contributed by atoms with Crippen LogP contribution in [0.4, 0.5) is 0 Å². The highest BCUT2D eigenvalue weighted by Gasteiger charge is 2.28. The highest BCUT2D eigenvalue weighted by Crippen LogP contribution is 2.33. The molecule has 4 rings (SSSR count). The number of piperidine rings is 1. The third-order valence-electron chi connectivity index (χ3n) is 5.15. The Morgan fingerprint density at radius 3 is 2.79 bits per heavy atom. The second kappa shape index (κ2) is 8.25. The molecule has 0 spiro atoms. The minimum absolute atomic E-state index is 0.125. The first-order chi connectivity index (χ1) is 13.7. The van der Waals surface area contributed by atoms with Gasteiger partial charge in [-0.15, -0.1) is 0 Å². The first-order valence-corrected chi connectivity index (χ1v) is 9.62. The second-order valence-corrected chi connectivity index (χ2v) is 7.13. The fraction of sp³-hybridized carbons (Fsp3) is 0.318. The molecule has 0 bridgehead atoms. The molecule has 1 fully saturated rings. The molecule has 142 valence electrons. The Labute approximate surface area is 164 Å². The van der Waals surface area contributed by atoms with E-state index in [-0.39, 0.29) is 11.8 Å². The second-order valence-electron chi connectivity index (χ2n) is 7.13. The topological polar surface area (TPSA) is 71.9 Å². The number of amides is 1. The third kappa shape index (κ3) is 4.06. The molecule has 4 heterocycles. The van der Waals surface area contributed by atoms with E-state index in [1.165, 1.54) is 0 Å². The van der Waals surface area contributed by atoms with E-state index in [2.05, 4.69) is 15.0 Å². The number of pyridine rings is 2. The van der Waals surface area contributed by atoms with Crippen molar-refractivity contribution in [2.24, 2.45) is 0 Å². The van der Waals surface area contributed by atoms with Gasteiger partial charge >= 0.3 is 0 Å². The summed E-state index contributed by atoms with van der Waals surface area (Å²) in [5.41, 5.74) is 3.91. The minimum atomic E-state index is 0.125. The summed E-state index contributed by atoms with van der Waals surface area (Å²) in [5.74, 6) is 1.08. The lowest BCUT2D eigenvalue weighted by Gasteiger charge is -2.33. The number of aromatic nitrogens is 4. The van der Waals surface area contributed by atoms with Crippen LogP contribution in [0.25, 0.3) is 11.1 Å². The van der Waals surface area contributed by atoms with Crippen LogP contribution in [0.5, 0.6) is 0 Å². The molecular formula is C22H23N5O. The lowest BCUT2D eigenvalue weighted by atomic mass is 9.90. The first-order valence-electron chi connectivity index (χ1n) is 9.62. The summed E-state index contributed by atoms with van der Waals surface area (Å²) in [6.07, 6.45) is 9.51. The molecule has 28 heavy (non-hydrogen) atoms. The zero-order valence-corrected chi connectivity index (χ0v) is 16.0. The van der Waals surface area contributed by atoms with Crippen LogP contribution in [0.15, 0.2) is 55.1 Å². The largest absolute Gasteiger partial charge is 0.342 e. The zero-order chi connectivity index (χ0) is 19.3. The molecule has 0 radical (unpaired) electrons. The number of carbonyl (C=O) groups is 1. The smallest absolute Gasteiger partial charge is 0.228 e. The van der Waals surface area contributed by atoms with Crippen LogP contribution in [0, 0.1) is 6.92 Å². The van der Waals surface area contributed by atoms with Crippen LogP contribution in [0.3, 0.4) is 0 Å². The lowest BCUT2D eigenvalue weighted by molar-refractivity contribution is -0.131. The van der Waals surface area contributed by atoms with E-state index < -0.39 is 0 Å². The maximum Gasteiger partial charge on any atom is 0.228 e. The van der Waals surface area contributed by atoms with Gasteiger partial charge in [-0.25, -0.2) is 9.97 Å². The van der Waals surface area contributed by atoms with Gasteiger partial charge in [-0.1, -0.05) is 6.07 Å². The molecule has 3 aromatic rings. The highest BCUT2D eigenvalue weighted by atomic mass is 16.2. The number of hydrogen-bond donors (Lipinski definition) is 0. The van der Waals surface area contributed by atoms with Gasteiger partial charge in [0.2, 0.25) is 5.91 Å². The Hall–Kier alpha value is -3.15. The predicted molar refractivity (Wildman–Crippen MR) is 106 cm³/mol. The Kier molecular flexibility index (Phi) is 5.37. The molecule has 1 saturated heterocycles. The van der Waals surface area contributed by atoms with Crippen molar-refractivity contribution in [3.8, 4) is 11.1 Å². The van der Waals surface area contributed by atoms with Crippen molar-refractivity contribution in [2.75, 3.05) is 13.1 Å². The van der Waals surface area contributed by atoms with Gasteiger partial charge in [0, 0.05) is 55.1 Å². The van der Waals surface area contributed by atoms with Crippen molar-refractivity contribution in [3.63, 3.8) is 0 Å². The van der Waals surface area contributed by atoms with Crippen molar-refractivity contribution in [2.45, 2.75) is 32.1 Å². The van der Waals surface area contributed by atoms with Crippen molar-refractivity contribution in [1.29, 1.82) is 0 Å². The molecule has 1 aliphatic heterocycles. The summed E-state index contributed by atoms with van der Waals surface area (Å²) >= 11 is 0. The number of carbonyl (C=O) groups excluding carboxylic acids is 1. The van der Waals surface area contributed by atoms with Crippen molar-refractivity contribution >= 4 is 5.91 Å². The molecule has 0 aliphatic carbocycles. The Morgan fingerprint density at radius 1 is 1.14 bits per heavy atom. The van der Waals surface area contributed by atoms with Crippen LogP contribution in [-0.2, 0) is 11.2 Å². The molecule has 1 amide bonds. The van der Waals surface area contributed by atoms with Crippen molar-refractivity contribution in [1.82, 2.24) is 24.8 Å². The summed E-state index contributed by atoms with van der Waals surface area (Å²) in [4.78, 5) is 32.3. The van der Waals surface area contributed by atoms with Gasteiger partial charge in [-0.05, 0) is 49.6 Å². The normalized spacial score (nSPS) is 16.8. The number of rotatable bonds is 4. The van der Waals surface area contributed by atoms with Gasteiger partial charge < -0.3 is 4.90 Å². The molecule has 1 atom stereocenters. The molecule has 0 aromatic carbocycles. The third-order valence-corrected chi connectivity index (χ3v) is 5.15. The predicted octanol–water partition coefficient (Wildman–Crippen LogP) is 3.19. The zero-order valence-electron chi connectivity index (χ0n) is 16.0.